The van der Waals surface area contributed by atoms with E-state index in [1.807, 2.05) is 14.0 Å². The minimum Gasteiger partial charge on any atom is -0.355 e. The number of nitrogens with zero attached hydrogens (tertiary/aromatic N) is 1. The molecule has 0 aromatic heterocycles. The van der Waals surface area contributed by atoms with Crippen molar-refractivity contribution in [2.75, 3.05) is 26.7 Å². The Morgan fingerprint density at radius 1 is 1.32 bits per heavy atom. The van der Waals surface area contributed by atoms with Crippen molar-refractivity contribution in [3.8, 4) is 0 Å². The van der Waals surface area contributed by atoms with Gasteiger partial charge >= 0.3 is 0 Å². The van der Waals surface area contributed by atoms with Crippen molar-refractivity contribution in [1.29, 1.82) is 0 Å². The molecule has 0 spiro atoms. The van der Waals surface area contributed by atoms with Crippen LogP contribution < -0.4 is 10.6 Å². The zero-order valence-electron chi connectivity index (χ0n) is 13.0. The number of carbonyl (C=O) groups is 1. The molecule has 1 rings (SSSR count). The van der Waals surface area contributed by atoms with Gasteiger partial charge in [-0.1, -0.05) is 20.3 Å². The molecule has 0 aromatic rings. The van der Waals surface area contributed by atoms with Crippen LogP contribution >= 0.6 is 0 Å². The highest BCUT2D eigenvalue weighted by Crippen LogP contribution is 2.19. The Balaban J connectivity index is 2.44. The zero-order valence-corrected chi connectivity index (χ0v) is 13.0. The Kier molecular flexibility index (Phi) is 7.39. The minimum absolute atomic E-state index is 0.00851. The Morgan fingerprint density at radius 3 is 2.68 bits per heavy atom. The molecule has 0 saturated carbocycles. The minimum atomic E-state index is -0.00851. The van der Waals surface area contributed by atoms with Gasteiger partial charge in [-0.2, -0.15) is 0 Å². The maximum absolute atomic E-state index is 12.2. The third-order valence-corrected chi connectivity index (χ3v) is 4.01. The van der Waals surface area contributed by atoms with E-state index in [1.54, 1.807) is 0 Å². The molecular weight excluding hydrogens is 238 g/mol. The summed E-state index contributed by atoms with van der Waals surface area (Å²) in [6.45, 7) is 9.23. The largest absolute Gasteiger partial charge is 0.355 e. The van der Waals surface area contributed by atoms with Gasteiger partial charge in [0.05, 0.1) is 6.04 Å². The lowest BCUT2D eigenvalue weighted by Gasteiger charge is -2.39. The Hall–Kier alpha value is -0.610. The van der Waals surface area contributed by atoms with Crippen LogP contribution in [-0.4, -0.2) is 49.6 Å². The number of likely N-dealkylation sites (tertiary alicyclic amines) is 1. The number of amides is 1. The van der Waals surface area contributed by atoms with Gasteiger partial charge in [-0.25, -0.2) is 0 Å². The first kappa shape index (κ1) is 16.4. The topological polar surface area (TPSA) is 44.4 Å². The molecule has 1 saturated heterocycles. The van der Waals surface area contributed by atoms with Gasteiger partial charge in [-0.05, 0) is 45.7 Å². The summed E-state index contributed by atoms with van der Waals surface area (Å²) in [7, 11) is 1.99. The summed E-state index contributed by atoms with van der Waals surface area (Å²) in [5.41, 5.74) is 0. The van der Waals surface area contributed by atoms with Gasteiger partial charge in [0.15, 0.2) is 0 Å². The van der Waals surface area contributed by atoms with Gasteiger partial charge in [-0.3, -0.25) is 9.69 Å². The lowest BCUT2D eigenvalue weighted by molar-refractivity contribution is -0.127. The first-order valence-corrected chi connectivity index (χ1v) is 7.74. The molecule has 1 aliphatic heterocycles. The van der Waals surface area contributed by atoms with Gasteiger partial charge in [0.1, 0.15) is 0 Å². The smallest absolute Gasteiger partial charge is 0.237 e. The number of hydrogen-bond acceptors (Lipinski definition) is 3. The molecule has 0 aromatic carbocycles. The van der Waals surface area contributed by atoms with Crippen molar-refractivity contribution < 1.29 is 4.79 Å². The highest BCUT2D eigenvalue weighted by atomic mass is 16.2. The van der Waals surface area contributed by atoms with Crippen LogP contribution in [-0.2, 0) is 4.79 Å². The zero-order chi connectivity index (χ0) is 14.3. The molecule has 0 radical (unpaired) electrons. The van der Waals surface area contributed by atoms with Gasteiger partial charge < -0.3 is 10.6 Å². The fourth-order valence-corrected chi connectivity index (χ4v) is 2.77. The van der Waals surface area contributed by atoms with Crippen LogP contribution in [0.1, 0.15) is 46.5 Å². The second-order valence-electron chi connectivity index (χ2n) is 6.09. The molecule has 1 fully saturated rings. The van der Waals surface area contributed by atoms with Gasteiger partial charge in [0.2, 0.25) is 5.91 Å². The average Bonchev–Trinajstić information content (AvgIpc) is 2.38. The van der Waals surface area contributed by atoms with Crippen molar-refractivity contribution in [3.05, 3.63) is 0 Å². The van der Waals surface area contributed by atoms with E-state index in [0.29, 0.717) is 12.0 Å². The Labute approximate surface area is 118 Å². The van der Waals surface area contributed by atoms with Crippen LogP contribution in [0.2, 0.25) is 0 Å². The maximum Gasteiger partial charge on any atom is 0.237 e. The van der Waals surface area contributed by atoms with Gasteiger partial charge in [0.25, 0.3) is 0 Å². The normalized spacial score (nSPS) is 22.5. The highest BCUT2D eigenvalue weighted by molar-refractivity contribution is 5.81. The summed E-state index contributed by atoms with van der Waals surface area (Å²) in [6, 6.07) is 0.496. The molecular formula is C15H31N3O. The van der Waals surface area contributed by atoms with Crippen molar-refractivity contribution in [2.45, 2.75) is 58.5 Å². The van der Waals surface area contributed by atoms with Crippen LogP contribution in [0.25, 0.3) is 0 Å². The molecule has 2 N–H and O–H groups in total. The van der Waals surface area contributed by atoms with Gasteiger partial charge in [-0.15, -0.1) is 0 Å². The average molecular weight is 269 g/mol. The predicted octanol–water partition coefficient (Wildman–Crippen LogP) is 1.61. The molecule has 0 aliphatic carbocycles. The summed E-state index contributed by atoms with van der Waals surface area (Å²) in [5, 5.41) is 6.32. The van der Waals surface area contributed by atoms with Crippen LogP contribution in [0, 0.1) is 5.92 Å². The van der Waals surface area contributed by atoms with Gasteiger partial charge in [0, 0.05) is 19.1 Å². The van der Waals surface area contributed by atoms with E-state index in [2.05, 4.69) is 29.4 Å². The van der Waals surface area contributed by atoms with E-state index >= 15 is 0 Å². The second kappa shape index (κ2) is 8.54. The summed E-state index contributed by atoms with van der Waals surface area (Å²) >= 11 is 0. The lowest BCUT2D eigenvalue weighted by Crippen LogP contribution is -2.54. The van der Waals surface area contributed by atoms with Crippen molar-refractivity contribution in [1.82, 2.24) is 15.5 Å². The number of piperidine rings is 1. The van der Waals surface area contributed by atoms with Crippen molar-refractivity contribution >= 4 is 5.91 Å². The lowest BCUT2D eigenvalue weighted by atomic mass is 9.99. The van der Waals surface area contributed by atoms with E-state index in [4.69, 9.17) is 0 Å². The molecule has 1 amide bonds. The molecule has 112 valence electrons. The SMILES string of the molecule is CNCC1CCCCN1C(C)C(=O)NCCC(C)C. The first-order valence-electron chi connectivity index (χ1n) is 7.74. The van der Waals surface area contributed by atoms with Crippen LogP contribution in [0.4, 0.5) is 0 Å². The van der Waals surface area contributed by atoms with Crippen LogP contribution in [0.5, 0.6) is 0 Å². The molecule has 19 heavy (non-hydrogen) atoms. The molecule has 1 aliphatic rings. The monoisotopic (exact) mass is 269 g/mol. The van der Waals surface area contributed by atoms with Crippen LogP contribution in [0.15, 0.2) is 0 Å². The Bertz CT molecular complexity index is 266. The van der Waals surface area contributed by atoms with Crippen molar-refractivity contribution in [3.63, 3.8) is 0 Å². The highest BCUT2D eigenvalue weighted by Gasteiger charge is 2.29. The van der Waals surface area contributed by atoms with E-state index in [1.165, 1.54) is 19.3 Å². The summed E-state index contributed by atoms with van der Waals surface area (Å²) in [4.78, 5) is 14.6. The van der Waals surface area contributed by atoms with E-state index < -0.39 is 0 Å². The fourth-order valence-electron chi connectivity index (χ4n) is 2.77. The third-order valence-electron chi connectivity index (χ3n) is 4.01. The molecule has 0 bridgehead atoms. The Morgan fingerprint density at radius 2 is 2.05 bits per heavy atom. The van der Waals surface area contributed by atoms with Crippen molar-refractivity contribution in [2.24, 2.45) is 5.92 Å². The predicted molar refractivity (Wildman–Crippen MR) is 80.2 cm³/mol. The number of nitrogens with one attached hydrogen (secondary N) is 2. The summed E-state index contributed by atoms with van der Waals surface area (Å²) in [5.74, 6) is 0.825. The summed E-state index contributed by atoms with van der Waals surface area (Å²) < 4.78 is 0. The molecule has 4 nitrogen and oxygen atoms in total. The third kappa shape index (κ3) is 5.49. The van der Waals surface area contributed by atoms with E-state index in [0.717, 1.165) is 26.1 Å². The standard InChI is InChI=1S/C15H31N3O/c1-12(2)8-9-17-15(19)13(3)18-10-6-5-7-14(18)11-16-4/h12-14,16H,5-11H2,1-4H3,(H,17,19). The molecule has 4 heteroatoms. The molecule has 1 heterocycles. The maximum atomic E-state index is 12.2. The fraction of sp³-hybridized carbons (Fsp3) is 0.933. The van der Waals surface area contributed by atoms with Crippen LogP contribution in [0.3, 0.4) is 0 Å². The second-order valence-corrected chi connectivity index (χ2v) is 6.09. The number of rotatable bonds is 7. The first-order chi connectivity index (χ1) is 9.06. The molecule has 2 unspecified atom stereocenters. The quantitative estimate of drug-likeness (QED) is 0.738. The van der Waals surface area contributed by atoms with E-state index in [9.17, 15) is 4.79 Å². The molecule has 2 atom stereocenters. The number of carbonyl (C=O) groups excluding carboxylic acids is 1. The number of hydrogen-bond donors (Lipinski definition) is 2. The summed E-state index contributed by atoms with van der Waals surface area (Å²) in [6.07, 6.45) is 4.75. The number of likely N-dealkylation sites (N-methyl/N-ethyl adjacent to an activating group) is 1. The van der Waals surface area contributed by atoms with E-state index in [-0.39, 0.29) is 11.9 Å².